The van der Waals surface area contributed by atoms with Gasteiger partial charge in [0.1, 0.15) is 13.9 Å². The number of anilines is 1. The van der Waals surface area contributed by atoms with E-state index in [2.05, 4.69) is 29.6 Å². The zero-order chi connectivity index (χ0) is 8.48. The molecular weight excluding hydrogens is 154 g/mol. The summed E-state index contributed by atoms with van der Waals surface area (Å²) in [6.07, 6.45) is 3.40. The van der Waals surface area contributed by atoms with Crippen molar-refractivity contribution in [3.05, 3.63) is 12.4 Å². The molecule has 0 atom stereocenters. The van der Waals surface area contributed by atoms with Gasteiger partial charge in [0.2, 0.25) is 0 Å². The number of nitrogen functional groups attached to an aromatic ring is 1. The van der Waals surface area contributed by atoms with Gasteiger partial charge in [-0.3, -0.25) is 4.98 Å². The Morgan fingerprint density at radius 1 is 1.18 bits per heavy atom. The summed E-state index contributed by atoms with van der Waals surface area (Å²) >= 11 is 0. The normalized spacial score (nSPS) is 11.5. The number of hydrogen-bond acceptors (Lipinski definition) is 3. The number of nitrogens with two attached hydrogens (primary N) is 1. The van der Waals surface area contributed by atoms with E-state index in [0.29, 0.717) is 5.82 Å². The summed E-state index contributed by atoms with van der Waals surface area (Å²) in [5, 5.41) is 1.10. The first-order valence-corrected chi connectivity index (χ1v) is 7.08. The first-order valence-electron chi connectivity index (χ1n) is 3.58. The van der Waals surface area contributed by atoms with Crippen LogP contribution in [0.2, 0.25) is 19.6 Å². The van der Waals surface area contributed by atoms with Crippen molar-refractivity contribution in [2.24, 2.45) is 0 Å². The molecule has 0 aliphatic heterocycles. The minimum atomic E-state index is -1.29. The second kappa shape index (κ2) is 2.62. The van der Waals surface area contributed by atoms with Gasteiger partial charge in [0, 0.05) is 11.5 Å². The maximum atomic E-state index is 5.41. The van der Waals surface area contributed by atoms with E-state index >= 15 is 0 Å². The molecule has 60 valence electrons. The van der Waals surface area contributed by atoms with E-state index in [0.717, 1.165) is 5.32 Å². The molecule has 1 aromatic heterocycles. The molecule has 0 saturated carbocycles. The Kier molecular flexibility index (Phi) is 1.95. The zero-order valence-corrected chi connectivity index (χ0v) is 8.13. The number of nitrogens with zero attached hydrogens (tertiary/aromatic N) is 2. The van der Waals surface area contributed by atoms with Gasteiger partial charge in [-0.05, 0) is 0 Å². The number of hydrogen-bond donors (Lipinski definition) is 1. The van der Waals surface area contributed by atoms with Crippen LogP contribution in [0.5, 0.6) is 0 Å². The summed E-state index contributed by atoms with van der Waals surface area (Å²) in [6.45, 7) is 6.69. The summed E-state index contributed by atoms with van der Waals surface area (Å²) in [6, 6.07) is 0. The molecule has 0 saturated heterocycles. The van der Waals surface area contributed by atoms with Crippen molar-refractivity contribution in [1.82, 2.24) is 9.97 Å². The molecule has 3 nitrogen and oxygen atoms in total. The summed E-state index contributed by atoms with van der Waals surface area (Å²) in [7, 11) is -1.29. The molecule has 0 spiro atoms. The lowest BCUT2D eigenvalue weighted by atomic mass is 10.7. The molecule has 1 aromatic rings. The molecular formula is C7H13N3Si. The minimum absolute atomic E-state index is 0.493. The zero-order valence-electron chi connectivity index (χ0n) is 7.13. The van der Waals surface area contributed by atoms with Crippen LogP contribution in [-0.2, 0) is 0 Å². The third-order valence-electron chi connectivity index (χ3n) is 1.44. The van der Waals surface area contributed by atoms with Gasteiger partial charge in [0.15, 0.2) is 0 Å². The van der Waals surface area contributed by atoms with Crippen LogP contribution in [0.1, 0.15) is 0 Å². The maximum absolute atomic E-state index is 5.41. The topological polar surface area (TPSA) is 51.8 Å². The van der Waals surface area contributed by atoms with Crippen LogP contribution < -0.4 is 11.1 Å². The van der Waals surface area contributed by atoms with Gasteiger partial charge in [-0.25, -0.2) is 4.98 Å². The van der Waals surface area contributed by atoms with E-state index in [-0.39, 0.29) is 0 Å². The van der Waals surface area contributed by atoms with Gasteiger partial charge in [-0.1, -0.05) is 19.6 Å². The fourth-order valence-electron chi connectivity index (χ4n) is 0.725. The van der Waals surface area contributed by atoms with Gasteiger partial charge in [-0.15, -0.1) is 0 Å². The van der Waals surface area contributed by atoms with Crippen LogP contribution in [0.4, 0.5) is 5.82 Å². The molecule has 0 aliphatic rings. The predicted octanol–water partition coefficient (Wildman–Crippen LogP) is 0.604. The van der Waals surface area contributed by atoms with E-state index in [1.54, 1.807) is 12.4 Å². The summed E-state index contributed by atoms with van der Waals surface area (Å²) in [5.41, 5.74) is 5.41. The average molecular weight is 167 g/mol. The highest BCUT2D eigenvalue weighted by molar-refractivity contribution is 6.88. The Labute approximate surface area is 67.7 Å². The van der Waals surface area contributed by atoms with Gasteiger partial charge in [0.25, 0.3) is 0 Å². The van der Waals surface area contributed by atoms with E-state index < -0.39 is 8.07 Å². The lowest BCUT2D eigenvalue weighted by Crippen LogP contribution is -2.40. The van der Waals surface area contributed by atoms with E-state index in [4.69, 9.17) is 5.73 Å². The smallest absolute Gasteiger partial charge is 0.141 e. The van der Waals surface area contributed by atoms with Crippen LogP contribution in [0.3, 0.4) is 0 Å². The first-order chi connectivity index (χ1) is 5.00. The van der Waals surface area contributed by atoms with E-state index in [9.17, 15) is 0 Å². The molecule has 1 heterocycles. The third kappa shape index (κ3) is 2.01. The SMILES string of the molecule is C[Si](C)(C)c1cnc(N)cn1. The largest absolute Gasteiger partial charge is 0.382 e. The van der Waals surface area contributed by atoms with Crippen molar-refractivity contribution in [2.45, 2.75) is 19.6 Å². The van der Waals surface area contributed by atoms with Crippen LogP contribution >= 0.6 is 0 Å². The summed E-state index contributed by atoms with van der Waals surface area (Å²) in [5.74, 6) is 0.493. The molecule has 0 amide bonds. The van der Waals surface area contributed by atoms with Gasteiger partial charge in [0.05, 0.1) is 6.20 Å². The molecule has 0 aliphatic carbocycles. The maximum Gasteiger partial charge on any atom is 0.141 e. The minimum Gasteiger partial charge on any atom is -0.382 e. The highest BCUT2D eigenvalue weighted by atomic mass is 28.3. The second-order valence-electron chi connectivity index (χ2n) is 3.58. The fourth-order valence-corrected chi connectivity index (χ4v) is 1.63. The monoisotopic (exact) mass is 167 g/mol. The van der Waals surface area contributed by atoms with Gasteiger partial charge < -0.3 is 5.73 Å². The molecule has 0 bridgehead atoms. The molecule has 0 unspecified atom stereocenters. The first kappa shape index (κ1) is 8.20. The van der Waals surface area contributed by atoms with Crippen molar-refractivity contribution in [1.29, 1.82) is 0 Å². The van der Waals surface area contributed by atoms with Crippen molar-refractivity contribution in [2.75, 3.05) is 5.73 Å². The third-order valence-corrected chi connectivity index (χ3v) is 3.24. The van der Waals surface area contributed by atoms with Crippen molar-refractivity contribution < 1.29 is 0 Å². The Morgan fingerprint density at radius 3 is 2.18 bits per heavy atom. The molecule has 2 N–H and O–H groups in total. The Balaban J connectivity index is 2.99. The predicted molar refractivity (Wildman–Crippen MR) is 49.4 cm³/mol. The molecule has 0 fully saturated rings. The summed E-state index contributed by atoms with van der Waals surface area (Å²) in [4.78, 5) is 8.22. The van der Waals surface area contributed by atoms with Crippen LogP contribution in [0.25, 0.3) is 0 Å². The molecule has 0 aromatic carbocycles. The highest BCUT2D eigenvalue weighted by Gasteiger charge is 2.17. The lowest BCUT2D eigenvalue weighted by Gasteiger charge is -2.13. The Bertz CT molecular complexity index is 237. The molecule has 4 heteroatoms. The lowest BCUT2D eigenvalue weighted by molar-refractivity contribution is 1.24. The van der Waals surface area contributed by atoms with Crippen LogP contribution in [0, 0.1) is 0 Å². The standard InChI is InChI=1S/C7H13N3Si/c1-11(2,3)7-5-9-6(8)4-10-7/h4-5H,1-3H3,(H2,8,9). The van der Waals surface area contributed by atoms with Gasteiger partial charge in [-0.2, -0.15) is 0 Å². The highest BCUT2D eigenvalue weighted by Crippen LogP contribution is 1.99. The van der Waals surface area contributed by atoms with Crippen molar-refractivity contribution >= 4 is 19.2 Å². The van der Waals surface area contributed by atoms with E-state index in [1.807, 2.05) is 0 Å². The van der Waals surface area contributed by atoms with Crippen molar-refractivity contribution in [3.8, 4) is 0 Å². The number of aromatic nitrogens is 2. The Morgan fingerprint density at radius 2 is 1.82 bits per heavy atom. The molecule has 1 rings (SSSR count). The van der Waals surface area contributed by atoms with Crippen molar-refractivity contribution in [3.63, 3.8) is 0 Å². The fraction of sp³-hybridized carbons (Fsp3) is 0.429. The van der Waals surface area contributed by atoms with Crippen LogP contribution in [-0.4, -0.2) is 18.0 Å². The molecule has 11 heavy (non-hydrogen) atoms. The Hall–Kier alpha value is -0.903. The number of rotatable bonds is 1. The average Bonchev–Trinajstić information content (AvgIpc) is 1.86. The van der Waals surface area contributed by atoms with E-state index in [1.165, 1.54) is 0 Å². The molecule has 0 radical (unpaired) electrons. The van der Waals surface area contributed by atoms with Gasteiger partial charge >= 0.3 is 0 Å². The second-order valence-corrected chi connectivity index (χ2v) is 8.59. The van der Waals surface area contributed by atoms with Crippen LogP contribution in [0.15, 0.2) is 12.4 Å². The summed E-state index contributed by atoms with van der Waals surface area (Å²) < 4.78 is 0. The quantitative estimate of drug-likeness (QED) is 0.623.